The number of carbonyl (C=O) groups excluding carboxylic acids is 1. The van der Waals surface area contributed by atoms with Crippen molar-refractivity contribution in [2.45, 2.75) is 73.0 Å². The molecule has 3 heterocycles. The van der Waals surface area contributed by atoms with Crippen molar-refractivity contribution in [3.8, 4) is 11.1 Å². The van der Waals surface area contributed by atoms with Gasteiger partial charge in [0.05, 0.1) is 12.1 Å². The van der Waals surface area contributed by atoms with Gasteiger partial charge in [-0.2, -0.15) is 0 Å². The molecule has 2 aliphatic heterocycles. The fourth-order valence-electron chi connectivity index (χ4n) is 5.39. The molecule has 2 aliphatic rings. The smallest absolute Gasteiger partial charge is 0.237 e. The number of pyridine rings is 1. The van der Waals surface area contributed by atoms with Crippen LogP contribution in [0.25, 0.3) is 11.1 Å². The molecule has 1 amide bonds. The average Bonchev–Trinajstić information content (AvgIpc) is 3.31. The Morgan fingerprint density at radius 3 is 2.58 bits per heavy atom. The van der Waals surface area contributed by atoms with Crippen LogP contribution in [0, 0.1) is 5.92 Å². The Kier molecular flexibility index (Phi) is 10.5. The van der Waals surface area contributed by atoms with Gasteiger partial charge in [0.15, 0.2) is 0 Å². The Balaban J connectivity index is 1.49. The minimum absolute atomic E-state index is 0.0965. The molecule has 1 aromatic carbocycles. The summed E-state index contributed by atoms with van der Waals surface area (Å²) in [5.41, 5.74) is 1.39. The third kappa shape index (κ3) is 6.91. The summed E-state index contributed by atoms with van der Waals surface area (Å²) < 4.78 is 6.06. The first-order chi connectivity index (χ1) is 18.3. The number of nitrogens with one attached hydrogen (secondary N) is 1. The Morgan fingerprint density at radius 1 is 1.16 bits per heavy atom. The van der Waals surface area contributed by atoms with Gasteiger partial charge in [-0.25, -0.2) is 0 Å². The van der Waals surface area contributed by atoms with E-state index in [1.165, 1.54) is 11.8 Å². The highest BCUT2D eigenvalue weighted by molar-refractivity contribution is 7.99. The van der Waals surface area contributed by atoms with Gasteiger partial charge in [-0.15, -0.1) is 23.5 Å². The van der Waals surface area contributed by atoms with Crippen LogP contribution in [0.2, 0.25) is 0 Å². The van der Waals surface area contributed by atoms with Crippen molar-refractivity contribution >= 4 is 29.4 Å². The first-order valence-electron chi connectivity index (χ1n) is 13.2. The van der Waals surface area contributed by atoms with E-state index in [-0.39, 0.29) is 11.9 Å². The summed E-state index contributed by atoms with van der Waals surface area (Å²) in [6.07, 6.45) is 3.55. The molecule has 0 bridgehead atoms. The van der Waals surface area contributed by atoms with Crippen molar-refractivity contribution in [3.05, 3.63) is 48.8 Å². The molecular weight excluding hydrogens is 522 g/mol. The van der Waals surface area contributed by atoms with Crippen LogP contribution in [0.15, 0.2) is 53.7 Å². The number of likely N-dealkylation sites (N-methyl/N-ethyl adjacent to an activating group) is 1. The van der Waals surface area contributed by atoms with E-state index in [2.05, 4.69) is 22.1 Å². The number of aromatic nitrogens is 1. The van der Waals surface area contributed by atoms with Crippen LogP contribution >= 0.6 is 23.5 Å². The lowest BCUT2D eigenvalue weighted by molar-refractivity contribution is -0.203. The second kappa shape index (κ2) is 13.6. The summed E-state index contributed by atoms with van der Waals surface area (Å²) in [6.45, 7) is 3.05. The number of rotatable bonds is 10. The minimum Gasteiger partial charge on any atom is -0.388 e. The lowest BCUT2D eigenvalue weighted by Gasteiger charge is -2.43. The number of nitrogens with zero attached hydrogens (tertiary/aromatic N) is 2. The predicted octanol–water partition coefficient (Wildman–Crippen LogP) is 2.62. The van der Waals surface area contributed by atoms with Crippen molar-refractivity contribution in [1.82, 2.24) is 15.2 Å². The second-order valence-electron chi connectivity index (χ2n) is 10.2. The molecule has 208 valence electrons. The standard InChI is InChI=1S/C28H39N3O5S2/c1-4-6-17-13-22(31(2)15-17)27(35)30-21(26-24(33)23(32)25(34)28(36-26)37-3)16-38-20-10-8-18(9-11-20)19-7-5-12-29-14-19/h5,7-12,14,17,21-26,28,32-34H,4,6,13,15-16H2,1-3H3,(H,30,35)/t17?,21-,22+,23?,24?,25-,26-,28?/m1/s1. The summed E-state index contributed by atoms with van der Waals surface area (Å²) >= 11 is 2.82. The van der Waals surface area contributed by atoms with Gasteiger partial charge < -0.3 is 25.4 Å². The molecule has 8 nitrogen and oxygen atoms in total. The average molecular weight is 562 g/mol. The number of hydrogen-bond acceptors (Lipinski definition) is 9. The number of aliphatic hydroxyl groups excluding tert-OH is 3. The predicted molar refractivity (Wildman–Crippen MR) is 152 cm³/mol. The SMILES string of the molecule is CCCC1C[C@@H](C(=O)N[C@H](CSc2ccc(-c3cccnc3)cc2)[C@H]2OC(SC)[C@H](O)C(O)C2O)N(C)C1. The van der Waals surface area contributed by atoms with Crippen LogP contribution in [0.5, 0.6) is 0 Å². The maximum absolute atomic E-state index is 13.5. The molecule has 38 heavy (non-hydrogen) atoms. The summed E-state index contributed by atoms with van der Waals surface area (Å²) in [5, 5.41) is 34.9. The molecule has 10 heteroatoms. The van der Waals surface area contributed by atoms with Crippen molar-refractivity contribution in [3.63, 3.8) is 0 Å². The van der Waals surface area contributed by atoms with Crippen LogP contribution in [-0.2, 0) is 9.53 Å². The number of hydrogen-bond donors (Lipinski definition) is 4. The van der Waals surface area contributed by atoms with Crippen LogP contribution < -0.4 is 5.32 Å². The van der Waals surface area contributed by atoms with Gasteiger partial charge in [-0.05, 0) is 61.4 Å². The van der Waals surface area contributed by atoms with Gasteiger partial charge in [0.1, 0.15) is 29.9 Å². The first kappa shape index (κ1) is 29.3. The van der Waals surface area contributed by atoms with E-state index in [0.717, 1.165) is 41.8 Å². The Bertz CT molecular complexity index is 1030. The summed E-state index contributed by atoms with van der Waals surface area (Å²) in [5.74, 6) is 0.820. The maximum atomic E-state index is 13.5. The van der Waals surface area contributed by atoms with E-state index in [9.17, 15) is 20.1 Å². The molecule has 0 spiro atoms. The number of thioether (sulfide) groups is 2. The van der Waals surface area contributed by atoms with E-state index >= 15 is 0 Å². The number of amides is 1. The van der Waals surface area contributed by atoms with Gasteiger partial charge in [-0.1, -0.05) is 31.5 Å². The number of likely N-dealkylation sites (tertiary alicyclic amines) is 1. The zero-order chi connectivity index (χ0) is 27.2. The molecule has 2 fully saturated rings. The topological polar surface area (TPSA) is 115 Å². The van der Waals surface area contributed by atoms with Crippen molar-refractivity contribution in [1.29, 1.82) is 0 Å². The summed E-state index contributed by atoms with van der Waals surface area (Å²) in [6, 6.07) is 11.2. The molecule has 1 aromatic heterocycles. The molecule has 4 N–H and O–H groups in total. The monoisotopic (exact) mass is 561 g/mol. The summed E-state index contributed by atoms with van der Waals surface area (Å²) in [4.78, 5) is 20.7. The molecule has 0 saturated carbocycles. The second-order valence-corrected chi connectivity index (χ2v) is 12.2. The zero-order valence-electron chi connectivity index (χ0n) is 22.1. The van der Waals surface area contributed by atoms with Crippen molar-refractivity contribution in [2.24, 2.45) is 5.92 Å². The van der Waals surface area contributed by atoms with Crippen LogP contribution in [0.1, 0.15) is 26.2 Å². The van der Waals surface area contributed by atoms with Crippen molar-refractivity contribution in [2.75, 3.05) is 25.6 Å². The molecule has 4 unspecified atom stereocenters. The van der Waals surface area contributed by atoms with Crippen LogP contribution in [0.4, 0.5) is 0 Å². The zero-order valence-corrected chi connectivity index (χ0v) is 23.8. The van der Waals surface area contributed by atoms with E-state index in [4.69, 9.17) is 4.74 Å². The van der Waals surface area contributed by atoms with Gasteiger partial charge in [0.25, 0.3) is 0 Å². The highest BCUT2D eigenvalue weighted by Gasteiger charge is 2.47. The minimum atomic E-state index is -1.36. The van der Waals surface area contributed by atoms with E-state index < -0.39 is 35.9 Å². The quantitative estimate of drug-likeness (QED) is 0.325. The van der Waals surface area contributed by atoms with E-state index in [0.29, 0.717) is 11.7 Å². The third-order valence-corrected chi connectivity index (χ3v) is 9.46. The molecule has 0 radical (unpaired) electrons. The highest BCUT2D eigenvalue weighted by atomic mass is 32.2. The van der Waals surface area contributed by atoms with E-state index in [1.54, 1.807) is 24.2 Å². The molecule has 0 aliphatic carbocycles. The first-order valence-corrected chi connectivity index (χ1v) is 15.5. The van der Waals surface area contributed by atoms with Gasteiger partial charge in [0.2, 0.25) is 5.91 Å². The van der Waals surface area contributed by atoms with Gasteiger partial charge in [0, 0.05) is 29.6 Å². The lowest BCUT2D eigenvalue weighted by atomic mass is 9.95. The van der Waals surface area contributed by atoms with Gasteiger partial charge >= 0.3 is 0 Å². The fraction of sp³-hybridized carbons (Fsp3) is 0.571. The molecule has 2 saturated heterocycles. The molecule has 8 atom stereocenters. The van der Waals surface area contributed by atoms with Crippen molar-refractivity contribution < 1.29 is 24.9 Å². The molecule has 4 rings (SSSR count). The fourth-order valence-corrected chi connectivity index (χ4v) is 7.04. The maximum Gasteiger partial charge on any atom is 0.237 e. The Hall–Kier alpha value is -1.66. The highest BCUT2D eigenvalue weighted by Crippen LogP contribution is 2.32. The third-order valence-electron chi connectivity index (χ3n) is 7.48. The van der Waals surface area contributed by atoms with Gasteiger partial charge in [-0.3, -0.25) is 14.7 Å². The molecule has 2 aromatic rings. The Labute approximate surface area is 233 Å². The van der Waals surface area contributed by atoms with Crippen LogP contribution in [-0.4, -0.2) is 98.6 Å². The number of carbonyl (C=O) groups is 1. The van der Waals surface area contributed by atoms with E-state index in [1.807, 2.05) is 49.6 Å². The lowest BCUT2D eigenvalue weighted by Crippen LogP contribution is -2.64. The van der Waals surface area contributed by atoms with Crippen LogP contribution in [0.3, 0.4) is 0 Å². The normalized spacial score (nSPS) is 30.7. The summed E-state index contributed by atoms with van der Waals surface area (Å²) in [7, 11) is 1.98. The number of aliphatic hydroxyl groups is 3. The Morgan fingerprint density at radius 2 is 1.92 bits per heavy atom. The number of ether oxygens (including phenoxy) is 1. The molecular formula is C28H39N3O5S2. The number of benzene rings is 1. The largest absolute Gasteiger partial charge is 0.388 e.